The summed E-state index contributed by atoms with van der Waals surface area (Å²) in [6.45, 7) is 0.290. The Morgan fingerprint density at radius 3 is 2.81 bits per heavy atom. The second kappa shape index (κ2) is 8.41. The van der Waals surface area contributed by atoms with Crippen LogP contribution in [0.25, 0.3) is 27.0 Å². The Labute approximate surface area is 181 Å². The Hall–Kier alpha value is -3.98. The average Bonchev–Trinajstić information content (AvgIpc) is 3.45. The third kappa shape index (κ3) is 4.17. The van der Waals surface area contributed by atoms with Crippen LogP contribution in [0, 0.1) is 0 Å². The van der Waals surface area contributed by atoms with Crippen LogP contribution >= 0.6 is 11.3 Å². The van der Waals surface area contributed by atoms with Crippen molar-refractivity contribution < 1.29 is 4.79 Å². The van der Waals surface area contributed by atoms with Crippen LogP contribution in [0.15, 0.2) is 72.9 Å². The maximum atomic E-state index is 12.4. The lowest BCUT2D eigenvalue weighted by Gasteiger charge is -2.05. The molecule has 8 nitrogen and oxygen atoms in total. The van der Waals surface area contributed by atoms with Gasteiger partial charge in [0.1, 0.15) is 5.82 Å². The molecule has 0 radical (unpaired) electrons. The minimum atomic E-state index is -0.120. The van der Waals surface area contributed by atoms with Crippen LogP contribution in [0.1, 0.15) is 11.5 Å². The highest BCUT2D eigenvalue weighted by Crippen LogP contribution is 2.30. The molecular weight excluding hydrogens is 410 g/mol. The second-order valence-electron chi connectivity index (χ2n) is 6.81. The van der Waals surface area contributed by atoms with E-state index in [1.807, 2.05) is 35.1 Å². The fourth-order valence-electron chi connectivity index (χ4n) is 3.23. The summed E-state index contributed by atoms with van der Waals surface area (Å²) >= 11 is 1.52. The average molecular weight is 427 g/mol. The molecule has 1 aromatic carbocycles. The largest absolute Gasteiger partial charge is 0.348 e. The molecule has 0 spiro atoms. The minimum Gasteiger partial charge on any atom is -0.348 e. The van der Waals surface area contributed by atoms with Crippen LogP contribution in [-0.4, -0.2) is 35.6 Å². The Morgan fingerprint density at radius 1 is 1.06 bits per heavy atom. The summed E-state index contributed by atoms with van der Waals surface area (Å²) in [5.74, 6) is 0.454. The summed E-state index contributed by atoms with van der Waals surface area (Å²) in [6.07, 6.45) is 8.98. The normalized spacial score (nSPS) is 11.0. The van der Waals surface area contributed by atoms with E-state index in [1.54, 1.807) is 36.4 Å². The van der Waals surface area contributed by atoms with E-state index in [4.69, 9.17) is 0 Å². The summed E-state index contributed by atoms with van der Waals surface area (Å²) in [5, 5.41) is 8.47. The quantitative estimate of drug-likeness (QED) is 0.447. The molecule has 0 aliphatic rings. The molecule has 0 saturated heterocycles. The van der Waals surface area contributed by atoms with Gasteiger partial charge in [-0.05, 0) is 35.9 Å². The number of nitrogens with one attached hydrogen (secondary N) is 1. The predicted octanol–water partition coefficient (Wildman–Crippen LogP) is 3.19. The van der Waals surface area contributed by atoms with Crippen molar-refractivity contribution in [3.05, 3.63) is 84.4 Å². The first-order chi connectivity index (χ1) is 15.3. The number of amides is 1. The summed E-state index contributed by atoms with van der Waals surface area (Å²) in [4.78, 5) is 30.2. The molecule has 0 unspecified atom stereocenters. The van der Waals surface area contributed by atoms with Gasteiger partial charge in [-0.1, -0.05) is 6.07 Å². The summed E-state index contributed by atoms with van der Waals surface area (Å²) in [5.41, 5.74) is 5.31. The zero-order valence-corrected chi connectivity index (χ0v) is 17.2. The summed E-state index contributed by atoms with van der Waals surface area (Å²) < 4.78 is 1.81. The van der Waals surface area contributed by atoms with Crippen molar-refractivity contribution >= 4 is 28.1 Å². The zero-order chi connectivity index (χ0) is 21.0. The van der Waals surface area contributed by atoms with Gasteiger partial charge in [-0.25, -0.2) is 19.6 Å². The van der Waals surface area contributed by atoms with Crippen molar-refractivity contribution in [2.75, 3.05) is 0 Å². The van der Waals surface area contributed by atoms with Gasteiger partial charge in [-0.2, -0.15) is 5.10 Å². The Kier molecular flexibility index (Phi) is 5.16. The zero-order valence-electron chi connectivity index (χ0n) is 16.3. The molecule has 152 valence electrons. The van der Waals surface area contributed by atoms with Gasteiger partial charge in [0.25, 0.3) is 0 Å². The van der Waals surface area contributed by atoms with E-state index in [1.165, 1.54) is 11.3 Å². The molecule has 0 saturated carbocycles. The monoisotopic (exact) mass is 427 g/mol. The lowest BCUT2D eigenvalue weighted by atomic mass is 10.1. The lowest BCUT2D eigenvalue weighted by Crippen LogP contribution is -2.25. The summed E-state index contributed by atoms with van der Waals surface area (Å²) in [6, 6.07) is 11.6. The topological polar surface area (TPSA) is 98.5 Å². The van der Waals surface area contributed by atoms with Crippen molar-refractivity contribution in [3.63, 3.8) is 0 Å². The van der Waals surface area contributed by atoms with Crippen LogP contribution < -0.4 is 5.32 Å². The van der Waals surface area contributed by atoms with Gasteiger partial charge in [0.15, 0.2) is 0 Å². The van der Waals surface area contributed by atoms with Gasteiger partial charge < -0.3 is 5.32 Å². The van der Waals surface area contributed by atoms with E-state index in [0.29, 0.717) is 12.4 Å². The van der Waals surface area contributed by atoms with Gasteiger partial charge in [-0.3, -0.25) is 9.78 Å². The Balaban J connectivity index is 1.35. The van der Waals surface area contributed by atoms with Gasteiger partial charge in [-0.15, -0.1) is 11.3 Å². The number of thiazole rings is 1. The Bertz CT molecular complexity index is 1330. The van der Waals surface area contributed by atoms with E-state index < -0.39 is 0 Å². The Morgan fingerprint density at radius 2 is 1.97 bits per heavy atom. The van der Waals surface area contributed by atoms with E-state index >= 15 is 0 Å². The number of pyridine rings is 1. The highest BCUT2D eigenvalue weighted by Gasteiger charge is 2.14. The molecule has 31 heavy (non-hydrogen) atoms. The highest BCUT2D eigenvalue weighted by atomic mass is 32.1. The fourth-order valence-corrected chi connectivity index (χ4v) is 4.04. The number of aromatic nitrogens is 6. The second-order valence-corrected chi connectivity index (χ2v) is 7.66. The fraction of sp³-hybridized carbons (Fsp3) is 0.0909. The minimum absolute atomic E-state index is 0.120. The molecule has 1 N–H and O–H groups in total. The number of carbonyl (C=O) groups is 1. The molecule has 0 atom stereocenters. The van der Waals surface area contributed by atoms with Crippen LogP contribution in [0.3, 0.4) is 0 Å². The lowest BCUT2D eigenvalue weighted by molar-refractivity contribution is -0.120. The van der Waals surface area contributed by atoms with E-state index in [2.05, 4.69) is 36.4 Å². The van der Waals surface area contributed by atoms with E-state index in [0.717, 1.165) is 32.7 Å². The van der Waals surface area contributed by atoms with E-state index in [9.17, 15) is 4.79 Å². The molecule has 5 rings (SSSR count). The third-order valence-corrected chi connectivity index (χ3v) is 5.63. The van der Waals surface area contributed by atoms with Crippen LogP contribution in [0.4, 0.5) is 0 Å². The summed E-state index contributed by atoms with van der Waals surface area (Å²) in [7, 11) is 0. The number of fused-ring (bicyclic) bond motifs is 1. The van der Waals surface area contributed by atoms with Crippen molar-refractivity contribution in [2.45, 2.75) is 13.0 Å². The van der Waals surface area contributed by atoms with Crippen molar-refractivity contribution in [3.8, 4) is 16.1 Å². The molecule has 9 heteroatoms. The van der Waals surface area contributed by atoms with Gasteiger partial charge in [0.2, 0.25) is 5.91 Å². The van der Waals surface area contributed by atoms with Crippen LogP contribution in [0.2, 0.25) is 0 Å². The smallest absolute Gasteiger partial charge is 0.226 e. The van der Waals surface area contributed by atoms with Crippen LogP contribution in [-0.2, 0) is 17.8 Å². The number of carbonyl (C=O) groups excluding carboxylic acids is 1. The molecular formula is C22H17N7OS. The molecule has 4 aromatic heterocycles. The maximum Gasteiger partial charge on any atom is 0.226 e. The third-order valence-electron chi connectivity index (χ3n) is 4.71. The number of hydrogen-bond acceptors (Lipinski definition) is 7. The first-order valence-electron chi connectivity index (χ1n) is 9.61. The number of nitrogens with zero attached hydrogens (tertiary/aromatic N) is 6. The molecule has 1 amide bonds. The number of hydrogen-bond donors (Lipinski definition) is 1. The van der Waals surface area contributed by atoms with Crippen LogP contribution in [0.5, 0.6) is 0 Å². The standard InChI is InChI=1S/C22H17N7OS/c30-21(26-12-20-24-7-2-8-25-20)10-19-22(31-14-27-19)15-4-5-18-16(9-15)13-29(28-18)17-3-1-6-23-11-17/h1-9,11,13-14H,10,12H2,(H,26,30). The molecule has 0 aliphatic heterocycles. The molecule has 4 heterocycles. The highest BCUT2D eigenvalue weighted by molar-refractivity contribution is 7.13. The van der Waals surface area contributed by atoms with Gasteiger partial charge >= 0.3 is 0 Å². The van der Waals surface area contributed by atoms with E-state index in [-0.39, 0.29) is 12.3 Å². The first kappa shape index (κ1) is 19.0. The molecule has 5 aromatic rings. The number of benzene rings is 1. The molecule has 0 bridgehead atoms. The van der Waals surface area contributed by atoms with Crippen molar-refractivity contribution in [1.82, 2.24) is 35.0 Å². The molecule has 0 aliphatic carbocycles. The SMILES string of the molecule is O=C(Cc1ncsc1-c1ccc2nn(-c3cccnc3)cc2c1)NCc1ncccn1. The number of rotatable bonds is 6. The van der Waals surface area contributed by atoms with Crippen molar-refractivity contribution in [2.24, 2.45) is 0 Å². The predicted molar refractivity (Wildman–Crippen MR) is 118 cm³/mol. The van der Waals surface area contributed by atoms with Gasteiger partial charge in [0, 0.05) is 30.2 Å². The van der Waals surface area contributed by atoms with Crippen molar-refractivity contribution in [1.29, 1.82) is 0 Å². The maximum absolute atomic E-state index is 12.4. The molecule has 0 fully saturated rings. The van der Waals surface area contributed by atoms with Gasteiger partial charge in [0.05, 0.1) is 46.4 Å². The first-order valence-corrected chi connectivity index (χ1v) is 10.5.